The number of furan rings is 1. The lowest BCUT2D eigenvalue weighted by Crippen LogP contribution is -2.00. The predicted octanol–water partition coefficient (Wildman–Crippen LogP) is 14.1. The van der Waals surface area contributed by atoms with Gasteiger partial charge in [0.1, 0.15) is 11.2 Å². The van der Waals surface area contributed by atoms with Crippen molar-refractivity contribution in [3.05, 3.63) is 200 Å². The number of nitrogens with zero attached hydrogens (tertiary/aromatic N) is 3. The molecule has 0 fully saturated rings. The number of aromatic nitrogens is 3. The molecule has 0 amide bonds. The normalized spacial score (nSPS) is 11.5. The first-order chi connectivity index (χ1) is 28.2. The van der Waals surface area contributed by atoms with Crippen LogP contribution in [-0.4, -0.2) is 15.0 Å². The van der Waals surface area contributed by atoms with Gasteiger partial charge in [-0.25, -0.2) is 15.0 Å². The van der Waals surface area contributed by atoms with Crippen LogP contribution in [0.4, 0.5) is 0 Å². The van der Waals surface area contributed by atoms with Crippen LogP contribution in [0.3, 0.4) is 0 Å². The molecule has 0 N–H and O–H groups in total. The molecule has 0 aliphatic carbocycles. The van der Waals surface area contributed by atoms with Crippen LogP contribution < -0.4 is 0 Å². The topological polar surface area (TPSA) is 51.8 Å². The Morgan fingerprint density at radius 2 is 0.737 bits per heavy atom. The largest absolute Gasteiger partial charge is 0.456 e. The molecule has 11 rings (SSSR count). The van der Waals surface area contributed by atoms with Crippen molar-refractivity contribution in [2.24, 2.45) is 0 Å². The van der Waals surface area contributed by atoms with Crippen molar-refractivity contribution >= 4 is 43.5 Å². The minimum absolute atomic E-state index is 0.595. The van der Waals surface area contributed by atoms with Crippen LogP contribution in [0.25, 0.3) is 111 Å². The molecular formula is C53H33N3O. The van der Waals surface area contributed by atoms with E-state index >= 15 is 0 Å². The highest BCUT2D eigenvalue weighted by Gasteiger charge is 2.19. The Bertz CT molecular complexity index is 3280. The van der Waals surface area contributed by atoms with Gasteiger partial charge in [0, 0.05) is 27.5 Å². The Hall–Kier alpha value is -7.69. The van der Waals surface area contributed by atoms with E-state index in [1.807, 2.05) is 48.5 Å². The third-order valence-electron chi connectivity index (χ3n) is 10.9. The first-order valence-corrected chi connectivity index (χ1v) is 19.2. The summed E-state index contributed by atoms with van der Waals surface area (Å²) < 4.78 is 6.47. The zero-order valence-corrected chi connectivity index (χ0v) is 30.8. The Morgan fingerprint density at radius 3 is 1.40 bits per heavy atom. The molecule has 4 nitrogen and oxygen atoms in total. The Morgan fingerprint density at radius 1 is 0.281 bits per heavy atom. The average Bonchev–Trinajstić information content (AvgIpc) is 3.67. The van der Waals surface area contributed by atoms with E-state index in [0.717, 1.165) is 60.9 Å². The first-order valence-electron chi connectivity index (χ1n) is 19.2. The van der Waals surface area contributed by atoms with E-state index in [1.165, 1.54) is 32.7 Å². The zero-order valence-electron chi connectivity index (χ0n) is 30.8. The van der Waals surface area contributed by atoms with Crippen LogP contribution in [0, 0.1) is 0 Å². The lowest BCUT2D eigenvalue weighted by atomic mass is 9.96. The van der Waals surface area contributed by atoms with E-state index in [-0.39, 0.29) is 0 Å². The van der Waals surface area contributed by atoms with Crippen LogP contribution in [0.15, 0.2) is 205 Å². The van der Waals surface area contributed by atoms with Crippen LogP contribution in [0.1, 0.15) is 0 Å². The standard InChI is InChI=1S/C53H33N3O/c1-3-10-34(11-4-1)36-18-21-38(22-19-36)52-54-51(37-13-5-2-6-14-37)55-53(56-52)46-16-9-17-49-50(46)47-33-45(28-29-48(47)57-49)44-27-26-42-31-41(24-25-43(42)32-44)40-23-20-35-12-7-8-15-39(35)30-40/h1-33H. The molecule has 0 radical (unpaired) electrons. The molecule has 0 saturated carbocycles. The summed E-state index contributed by atoms with van der Waals surface area (Å²) in [6, 6.07) is 70.1. The fourth-order valence-electron chi connectivity index (χ4n) is 7.95. The van der Waals surface area contributed by atoms with Crippen molar-refractivity contribution < 1.29 is 4.42 Å². The highest BCUT2D eigenvalue weighted by atomic mass is 16.3. The second kappa shape index (κ2) is 13.6. The van der Waals surface area contributed by atoms with Gasteiger partial charge in [0.05, 0.1) is 0 Å². The summed E-state index contributed by atoms with van der Waals surface area (Å²) in [5.41, 5.74) is 11.3. The van der Waals surface area contributed by atoms with Crippen molar-refractivity contribution in [3.8, 4) is 67.5 Å². The first kappa shape index (κ1) is 32.7. The molecule has 11 aromatic rings. The van der Waals surface area contributed by atoms with Crippen molar-refractivity contribution in [1.29, 1.82) is 0 Å². The van der Waals surface area contributed by atoms with Gasteiger partial charge in [-0.3, -0.25) is 0 Å². The third kappa shape index (κ3) is 6.01. The van der Waals surface area contributed by atoms with Crippen LogP contribution in [0.2, 0.25) is 0 Å². The van der Waals surface area contributed by atoms with E-state index in [2.05, 4.69) is 152 Å². The van der Waals surface area contributed by atoms with Gasteiger partial charge in [-0.15, -0.1) is 0 Å². The van der Waals surface area contributed by atoms with Gasteiger partial charge >= 0.3 is 0 Å². The minimum Gasteiger partial charge on any atom is -0.456 e. The fraction of sp³-hybridized carbons (Fsp3) is 0. The lowest BCUT2D eigenvalue weighted by molar-refractivity contribution is 0.669. The second-order valence-corrected chi connectivity index (χ2v) is 14.4. The molecular weight excluding hydrogens is 695 g/mol. The highest BCUT2D eigenvalue weighted by molar-refractivity contribution is 6.13. The van der Waals surface area contributed by atoms with E-state index in [9.17, 15) is 0 Å². The molecule has 0 bridgehead atoms. The summed E-state index contributed by atoms with van der Waals surface area (Å²) in [6.07, 6.45) is 0. The monoisotopic (exact) mass is 727 g/mol. The Kier molecular flexibility index (Phi) is 7.78. The average molecular weight is 728 g/mol. The third-order valence-corrected chi connectivity index (χ3v) is 10.9. The fourth-order valence-corrected chi connectivity index (χ4v) is 7.95. The molecule has 0 atom stereocenters. The zero-order chi connectivity index (χ0) is 37.7. The van der Waals surface area contributed by atoms with E-state index in [1.54, 1.807) is 0 Å². The van der Waals surface area contributed by atoms with Crippen molar-refractivity contribution in [3.63, 3.8) is 0 Å². The quantitative estimate of drug-likeness (QED) is 0.171. The molecule has 0 aliphatic heterocycles. The van der Waals surface area contributed by atoms with E-state index in [4.69, 9.17) is 19.4 Å². The van der Waals surface area contributed by atoms with Crippen LogP contribution in [0.5, 0.6) is 0 Å². The summed E-state index contributed by atoms with van der Waals surface area (Å²) in [5.74, 6) is 1.83. The predicted molar refractivity (Wildman–Crippen MR) is 235 cm³/mol. The maximum Gasteiger partial charge on any atom is 0.164 e. The summed E-state index contributed by atoms with van der Waals surface area (Å²) >= 11 is 0. The van der Waals surface area contributed by atoms with Crippen LogP contribution >= 0.6 is 0 Å². The molecule has 57 heavy (non-hydrogen) atoms. The minimum atomic E-state index is 0.595. The van der Waals surface area contributed by atoms with Crippen molar-refractivity contribution in [2.45, 2.75) is 0 Å². The van der Waals surface area contributed by atoms with Gasteiger partial charge in [-0.1, -0.05) is 164 Å². The van der Waals surface area contributed by atoms with E-state index < -0.39 is 0 Å². The lowest BCUT2D eigenvalue weighted by Gasteiger charge is -2.10. The smallest absolute Gasteiger partial charge is 0.164 e. The molecule has 0 saturated heterocycles. The molecule has 0 aliphatic rings. The molecule has 0 unspecified atom stereocenters. The summed E-state index contributed by atoms with van der Waals surface area (Å²) in [5, 5.41) is 6.89. The molecule has 266 valence electrons. The van der Waals surface area contributed by atoms with Gasteiger partial charge in [-0.05, 0) is 91.3 Å². The number of hydrogen-bond acceptors (Lipinski definition) is 4. The van der Waals surface area contributed by atoms with Crippen molar-refractivity contribution in [2.75, 3.05) is 0 Å². The Labute approximate surface area is 329 Å². The Balaban J connectivity index is 1.00. The number of benzene rings is 9. The summed E-state index contributed by atoms with van der Waals surface area (Å²) in [7, 11) is 0. The maximum absolute atomic E-state index is 6.47. The molecule has 2 heterocycles. The molecule has 0 spiro atoms. The highest BCUT2D eigenvalue weighted by Crippen LogP contribution is 2.39. The molecule has 4 heteroatoms. The molecule has 2 aromatic heterocycles. The van der Waals surface area contributed by atoms with Gasteiger partial charge < -0.3 is 4.42 Å². The van der Waals surface area contributed by atoms with E-state index in [0.29, 0.717) is 17.5 Å². The number of fused-ring (bicyclic) bond motifs is 5. The van der Waals surface area contributed by atoms with Gasteiger partial charge in [-0.2, -0.15) is 0 Å². The van der Waals surface area contributed by atoms with Gasteiger partial charge in [0.2, 0.25) is 0 Å². The van der Waals surface area contributed by atoms with Crippen LogP contribution in [-0.2, 0) is 0 Å². The number of hydrogen-bond donors (Lipinski definition) is 0. The summed E-state index contributed by atoms with van der Waals surface area (Å²) in [4.78, 5) is 15.2. The van der Waals surface area contributed by atoms with Crippen molar-refractivity contribution in [1.82, 2.24) is 15.0 Å². The van der Waals surface area contributed by atoms with Gasteiger partial charge in [0.25, 0.3) is 0 Å². The maximum atomic E-state index is 6.47. The SMILES string of the molecule is c1ccc(-c2ccc(-c3nc(-c4ccccc4)nc(-c4cccc5oc6ccc(-c7ccc8cc(-c9ccc%10ccccc%10c9)ccc8c7)cc6c45)n3)cc2)cc1. The number of rotatable bonds is 6. The summed E-state index contributed by atoms with van der Waals surface area (Å²) in [6.45, 7) is 0. The second-order valence-electron chi connectivity index (χ2n) is 14.4. The molecule has 9 aromatic carbocycles. The van der Waals surface area contributed by atoms with Gasteiger partial charge in [0.15, 0.2) is 17.5 Å².